The molecule has 0 bridgehead atoms. The Bertz CT molecular complexity index is 501. The molecule has 1 heterocycles. The van der Waals surface area contributed by atoms with Crippen LogP contribution in [-0.2, 0) is 13.7 Å². The number of benzene rings is 1. The maximum Gasteiger partial charge on any atom is 0.492 e. The predicted molar refractivity (Wildman–Crippen MR) is 61.6 cm³/mol. The molecule has 0 spiro atoms. The molecule has 0 unspecified atom stereocenters. The van der Waals surface area contributed by atoms with Crippen molar-refractivity contribution in [1.29, 1.82) is 0 Å². The molecule has 0 aliphatic carbocycles. The third-order valence-corrected chi connectivity index (χ3v) is 2.22. The lowest BCUT2D eigenvalue weighted by atomic mass is 9.79. The highest BCUT2D eigenvalue weighted by Gasteiger charge is 2.16. The van der Waals surface area contributed by atoms with Gasteiger partial charge in [0.05, 0.1) is 6.20 Å². The van der Waals surface area contributed by atoms with Crippen molar-refractivity contribution in [2.75, 3.05) is 0 Å². The van der Waals surface area contributed by atoms with Gasteiger partial charge in [-0.15, -0.1) is 5.10 Å². The zero-order chi connectivity index (χ0) is 12.3. The van der Waals surface area contributed by atoms with Gasteiger partial charge in [0.25, 0.3) is 0 Å². The van der Waals surface area contributed by atoms with E-state index in [9.17, 15) is 0 Å². The average molecular weight is 233 g/mol. The Morgan fingerprint density at radius 3 is 2.76 bits per heavy atom. The molecule has 1 aromatic carbocycles. The summed E-state index contributed by atoms with van der Waals surface area (Å²) >= 11 is 0. The van der Waals surface area contributed by atoms with Crippen molar-refractivity contribution >= 4 is 12.6 Å². The summed E-state index contributed by atoms with van der Waals surface area (Å²) in [4.78, 5) is 0. The Kier molecular flexibility index (Phi) is 3.41. The number of para-hydroxylation sites is 1. The monoisotopic (exact) mass is 233 g/mol. The lowest BCUT2D eigenvalue weighted by Gasteiger charge is -2.09. The minimum Gasteiger partial charge on any atom is -0.488 e. The van der Waals surface area contributed by atoms with Crippen LogP contribution in [0.2, 0.25) is 0 Å². The largest absolute Gasteiger partial charge is 0.492 e. The average Bonchev–Trinajstić information content (AvgIpc) is 2.73. The van der Waals surface area contributed by atoms with E-state index in [2.05, 4.69) is 10.3 Å². The Morgan fingerprint density at radius 1 is 1.35 bits per heavy atom. The highest BCUT2D eigenvalue weighted by atomic mass is 16.5. The van der Waals surface area contributed by atoms with Gasteiger partial charge in [-0.05, 0) is 6.07 Å². The molecule has 0 aliphatic heterocycles. The molecule has 0 amide bonds. The van der Waals surface area contributed by atoms with E-state index in [0.29, 0.717) is 16.9 Å². The molecular weight excluding hydrogens is 221 g/mol. The van der Waals surface area contributed by atoms with E-state index >= 15 is 0 Å². The third kappa shape index (κ3) is 2.83. The molecule has 1 aromatic heterocycles. The molecule has 2 N–H and O–H groups in total. The summed E-state index contributed by atoms with van der Waals surface area (Å²) < 4.78 is 7.04. The van der Waals surface area contributed by atoms with Gasteiger partial charge >= 0.3 is 7.12 Å². The van der Waals surface area contributed by atoms with Gasteiger partial charge in [0.2, 0.25) is 0 Å². The molecule has 0 saturated carbocycles. The van der Waals surface area contributed by atoms with Crippen molar-refractivity contribution in [1.82, 2.24) is 15.0 Å². The van der Waals surface area contributed by atoms with Crippen LogP contribution in [0.25, 0.3) is 0 Å². The number of hydrogen-bond acceptors (Lipinski definition) is 5. The summed E-state index contributed by atoms with van der Waals surface area (Å²) in [5.41, 5.74) is 1.01. The van der Waals surface area contributed by atoms with Gasteiger partial charge in [0.15, 0.2) is 0 Å². The van der Waals surface area contributed by atoms with Gasteiger partial charge in [-0.1, -0.05) is 23.4 Å². The van der Waals surface area contributed by atoms with E-state index in [4.69, 9.17) is 14.8 Å². The van der Waals surface area contributed by atoms with Crippen LogP contribution in [0.4, 0.5) is 0 Å². The van der Waals surface area contributed by atoms with Crippen LogP contribution in [0.15, 0.2) is 30.5 Å². The second-order valence-electron chi connectivity index (χ2n) is 3.58. The topological polar surface area (TPSA) is 80.4 Å². The van der Waals surface area contributed by atoms with Crippen LogP contribution < -0.4 is 10.2 Å². The number of hydrogen-bond donors (Lipinski definition) is 2. The van der Waals surface area contributed by atoms with E-state index in [-0.39, 0.29) is 6.61 Å². The van der Waals surface area contributed by atoms with Crippen molar-refractivity contribution in [3.05, 3.63) is 36.2 Å². The SMILES string of the molecule is Cn1cc(COc2ccccc2B(O)O)nn1. The molecule has 6 nitrogen and oxygen atoms in total. The van der Waals surface area contributed by atoms with Crippen molar-refractivity contribution in [3.63, 3.8) is 0 Å². The third-order valence-electron chi connectivity index (χ3n) is 2.22. The molecule has 0 saturated heterocycles. The van der Waals surface area contributed by atoms with Crippen LogP contribution in [0.1, 0.15) is 5.69 Å². The fourth-order valence-corrected chi connectivity index (χ4v) is 1.44. The maximum atomic E-state index is 9.15. The van der Waals surface area contributed by atoms with Gasteiger partial charge in [-0.25, -0.2) is 0 Å². The number of ether oxygens (including phenoxy) is 1. The first-order valence-electron chi connectivity index (χ1n) is 5.10. The molecule has 17 heavy (non-hydrogen) atoms. The Balaban J connectivity index is 2.08. The molecule has 2 aromatic rings. The highest BCUT2D eigenvalue weighted by Crippen LogP contribution is 2.09. The van der Waals surface area contributed by atoms with Gasteiger partial charge in [-0.2, -0.15) is 0 Å². The van der Waals surface area contributed by atoms with Crippen LogP contribution in [0.5, 0.6) is 5.75 Å². The molecule has 0 radical (unpaired) electrons. The summed E-state index contributed by atoms with van der Waals surface area (Å²) in [5.74, 6) is 0.424. The number of aromatic nitrogens is 3. The first kappa shape index (κ1) is 11.6. The molecule has 7 heteroatoms. The molecule has 0 fully saturated rings. The minimum atomic E-state index is -1.55. The van der Waals surface area contributed by atoms with Crippen LogP contribution >= 0.6 is 0 Å². The summed E-state index contributed by atoms with van der Waals surface area (Å²) in [6, 6.07) is 6.74. The fourth-order valence-electron chi connectivity index (χ4n) is 1.44. The minimum absolute atomic E-state index is 0.234. The Morgan fingerprint density at radius 2 is 2.12 bits per heavy atom. The number of aryl methyl sites for hydroxylation is 1. The lowest BCUT2D eigenvalue weighted by molar-refractivity contribution is 0.301. The second-order valence-corrected chi connectivity index (χ2v) is 3.58. The molecule has 0 atom stereocenters. The van der Waals surface area contributed by atoms with Gasteiger partial charge in [0.1, 0.15) is 18.1 Å². The lowest BCUT2D eigenvalue weighted by Crippen LogP contribution is -2.31. The smallest absolute Gasteiger partial charge is 0.488 e. The molecule has 2 rings (SSSR count). The standard InChI is InChI=1S/C10H12BN3O3/c1-14-6-8(12-13-14)7-17-10-5-3-2-4-9(10)11(15)16/h2-6,15-16H,7H2,1H3. The summed E-state index contributed by atoms with van der Waals surface area (Å²) in [7, 11) is 0.218. The first-order chi connectivity index (χ1) is 8.16. The molecule has 88 valence electrons. The van der Waals surface area contributed by atoms with Crippen LogP contribution in [-0.4, -0.2) is 32.2 Å². The van der Waals surface area contributed by atoms with Crippen molar-refractivity contribution in [3.8, 4) is 5.75 Å². The normalized spacial score (nSPS) is 10.3. The van der Waals surface area contributed by atoms with Gasteiger partial charge in [0, 0.05) is 12.5 Å². The van der Waals surface area contributed by atoms with Crippen molar-refractivity contribution < 1.29 is 14.8 Å². The van der Waals surface area contributed by atoms with E-state index in [1.54, 1.807) is 42.2 Å². The van der Waals surface area contributed by atoms with E-state index in [1.807, 2.05) is 0 Å². The first-order valence-corrected chi connectivity index (χ1v) is 5.10. The van der Waals surface area contributed by atoms with Crippen molar-refractivity contribution in [2.45, 2.75) is 6.61 Å². The van der Waals surface area contributed by atoms with E-state index in [0.717, 1.165) is 0 Å². The molecular formula is C10H12BN3O3. The zero-order valence-corrected chi connectivity index (χ0v) is 9.32. The fraction of sp³-hybridized carbons (Fsp3) is 0.200. The zero-order valence-electron chi connectivity index (χ0n) is 9.32. The number of rotatable bonds is 4. The Labute approximate surface area is 98.6 Å². The maximum absolute atomic E-state index is 9.15. The quantitative estimate of drug-likeness (QED) is 0.667. The summed E-state index contributed by atoms with van der Waals surface area (Å²) in [6.07, 6.45) is 1.73. The summed E-state index contributed by atoms with van der Waals surface area (Å²) in [6.45, 7) is 0.234. The Hall–Kier alpha value is -1.86. The second kappa shape index (κ2) is 4.98. The molecule has 0 aliphatic rings. The van der Waals surface area contributed by atoms with E-state index in [1.165, 1.54) is 0 Å². The predicted octanol–water partition coefficient (Wildman–Crippen LogP) is -0.926. The van der Waals surface area contributed by atoms with Gasteiger partial charge < -0.3 is 14.8 Å². The van der Waals surface area contributed by atoms with Crippen LogP contribution in [0, 0.1) is 0 Å². The summed E-state index contributed by atoms with van der Waals surface area (Å²) in [5, 5.41) is 25.9. The van der Waals surface area contributed by atoms with E-state index < -0.39 is 7.12 Å². The number of nitrogens with zero attached hydrogens (tertiary/aromatic N) is 3. The van der Waals surface area contributed by atoms with Crippen LogP contribution in [0.3, 0.4) is 0 Å². The highest BCUT2D eigenvalue weighted by molar-refractivity contribution is 6.59. The van der Waals surface area contributed by atoms with Gasteiger partial charge in [-0.3, -0.25) is 4.68 Å². The van der Waals surface area contributed by atoms with Crippen molar-refractivity contribution in [2.24, 2.45) is 7.05 Å².